The summed E-state index contributed by atoms with van der Waals surface area (Å²) in [6.07, 6.45) is 3.81. The fourth-order valence-corrected chi connectivity index (χ4v) is 5.52. The van der Waals surface area contributed by atoms with Crippen LogP contribution in [0.15, 0.2) is 120 Å². The van der Waals surface area contributed by atoms with Gasteiger partial charge in [0.15, 0.2) is 0 Å². The number of fused-ring (bicyclic) bond motifs is 4. The summed E-state index contributed by atoms with van der Waals surface area (Å²) in [5, 5.41) is 4.51. The Morgan fingerprint density at radius 1 is 0.652 bits per heavy atom. The van der Waals surface area contributed by atoms with E-state index in [0.717, 1.165) is 55.7 Å². The summed E-state index contributed by atoms with van der Waals surface area (Å²) in [6, 6.07) is 41.9. The monoisotopic (exact) mass is 774 g/mol. The number of pyridine rings is 3. The van der Waals surface area contributed by atoms with Gasteiger partial charge >= 0.3 is 0 Å². The van der Waals surface area contributed by atoms with Crippen molar-refractivity contribution in [3.8, 4) is 33.6 Å². The van der Waals surface area contributed by atoms with Gasteiger partial charge in [-0.15, -0.1) is 53.6 Å². The minimum Gasteiger partial charge on any atom is -0.486 e. The molecule has 46 heavy (non-hydrogen) atoms. The zero-order valence-corrected chi connectivity index (χ0v) is 28.4. The van der Waals surface area contributed by atoms with E-state index in [1.165, 1.54) is 27.5 Å². The van der Waals surface area contributed by atoms with Crippen molar-refractivity contribution in [3.63, 3.8) is 0 Å². The van der Waals surface area contributed by atoms with Crippen LogP contribution in [0.3, 0.4) is 0 Å². The molecule has 1 radical (unpaired) electrons. The average Bonchev–Trinajstić information content (AvgIpc) is 3.44. The van der Waals surface area contributed by atoms with Gasteiger partial charge in [-0.25, -0.2) is 4.98 Å². The summed E-state index contributed by atoms with van der Waals surface area (Å²) < 4.78 is 6.17. The standard InChI is InChI=1S/C28H19N2O.C13H12N.Ir/c1-17-16-29-26(15-25(17)21-12-11-19-6-3-4-7-20(19)14-21)24-9-5-8-22-23-13-10-18(2)30-28(23)31-27(22)24;1-10-3-6-12(7-4-10)13-8-5-11(2)9-14-13;/h3-8,10-16H,1-2H3;3-6,8-9H,1-2H3;/q2*-1;. The molecule has 4 aromatic carbocycles. The number of nitrogens with zero attached hydrogens (tertiary/aromatic N) is 3. The third-order valence-electron chi connectivity index (χ3n) is 8.01. The summed E-state index contributed by atoms with van der Waals surface area (Å²) in [7, 11) is 0. The van der Waals surface area contributed by atoms with Crippen LogP contribution >= 0.6 is 0 Å². The molecule has 0 N–H and O–H groups in total. The van der Waals surface area contributed by atoms with E-state index in [2.05, 4.69) is 103 Å². The Morgan fingerprint density at radius 2 is 1.46 bits per heavy atom. The number of benzene rings is 4. The Balaban J connectivity index is 0.000000209. The third kappa shape index (κ3) is 6.25. The molecule has 0 fully saturated rings. The van der Waals surface area contributed by atoms with Crippen LogP contribution in [0.2, 0.25) is 0 Å². The normalized spacial score (nSPS) is 10.9. The molecular weight excluding hydrogens is 743 g/mol. The van der Waals surface area contributed by atoms with Crippen molar-refractivity contribution in [1.29, 1.82) is 0 Å². The Morgan fingerprint density at radius 3 is 2.24 bits per heavy atom. The molecule has 8 rings (SSSR count). The average molecular weight is 774 g/mol. The molecule has 0 spiro atoms. The predicted octanol–water partition coefficient (Wildman–Crippen LogP) is 10.4. The van der Waals surface area contributed by atoms with Crippen molar-refractivity contribution in [2.45, 2.75) is 27.7 Å². The maximum Gasteiger partial charge on any atom is 0.216 e. The van der Waals surface area contributed by atoms with Gasteiger partial charge in [0.2, 0.25) is 5.71 Å². The maximum absolute atomic E-state index is 6.17. The van der Waals surface area contributed by atoms with E-state index >= 15 is 0 Å². The molecule has 0 atom stereocenters. The number of furan rings is 1. The van der Waals surface area contributed by atoms with Gasteiger partial charge in [0.05, 0.1) is 5.58 Å². The summed E-state index contributed by atoms with van der Waals surface area (Å²) in [4.78, 5) is 13.6. The first-order valence-electron chi connectivity index (χ1n) is 15.0. The molecule has 0 bridgehead atoms. The first-order chi connectivity index (χ1) is 21.9. The molecule has 4 nitrogen and oxygen atoms in total. The van der Waals surface area contributed by atoms with E-state index in [9.17, 15) is 0 Å². The quantitative estimate of drug-likeness (QED) is 0.168. The second-order valence-electron chi connectivity index (χ2n) is 11.4. The van der Waals surface area contributed by atoms with Gasteiger partial charge in [0, 0.05) is 43.6 Å². The zero-order chi connectivity index (χ0) is 30.9. The summed E-state index contributed by atoms with van der Waals surface area (Å²) >= 11 is 0. The molecule has 0 saturated heterocycles. The van der Waals surface area contributed by atoms with Crippen LogP contribution < -0.4 is 0 Å². The van der Waals surface area contributed by atoms with Gasteiger partial charge in [-0.1, -0.05) is 72.5 Å². The molecule has 0 aliphatic heterocycles. The minimum absolute atomic E-state index is 0. The largest absolute Gasteiger partial charge is 0.486 e. The van der Waals surface area contributed by atoms with E-state index in [1.54, 1.807) is 0 Å². The van der Waals surface area contributed by atoms with Crippen molar-refractivity contribution in [2.75, 3.05) is 0 Å². The zero-order valence-electron chi connectivity index (χ0n) is 26.1. The van der Waals surface area contributed by atoms with Crippen molar-refractivity contribution >= 4 is 32.8 Å². The topological polar surface area (TPSA) is 51.8 Å². The Bertz CT molecular complexity index is 2260. The van der Waals surface area contributed by atoms with E-state index in [1.807, 2.05) is 62.6 Å². The number of rotatable bonds is 3. The van der Waals surface area contributed by atoms with Crippen LogP contribution in [-0.4, -0.2) is 15.0 Å². The number of aromatic nitrogens is 3. The van der Waals surface area contributed by atoms with Crippen LogP contribution in [0.4, 0.5) is 0 Å². The SMILES string of the molecule is Cc1c[c-]c(-c2ccc(C)cn2)cc1.Cc1ccc2c(n1)oc1c(-c3cc(-c4ccc5ccccc5c4)c(C)cn3)[c-]ccc12.[Ir]. The third-order valence-corrected chi connectivity index (χ3v) is 8.01. The molecule has 8 aromatic rings. The van der Waals surface area contributed by atoms with Gasteiger partial charge in [-0.05, 0) is 83.4 Å². The van der Waals surface area contributed by atoms with Crippen molar-refractivity contribution < 1.29 is 24.5 Å². The number of hydrogen-bond donors (Lipinski definition) is 0. The van der Waals surface area contributed by atoms with E-state index in [0.29, 0.717) is 5.71 Å². The molecular formula is C41H31IrN3O-2. The molecule has 0 amide bonds. The summed E-state index contributed by atoms with van der Waals surface area (Å²) in [5.41, 5.74) is 12.0. The first-order valence-corrected chi connectivity index (χ1v) is 15.0. The minimum atomic E-state index is 0. The van der Waals surface area contributed by atoms with Gasteiger partial charge in [0.25, 0.3) is 0 Å². The van der Waals surface area contributed by atoms with Crippen LogP contribution in [0.25, 0.3) is 66.5 Å². The van der Waals surface area contributed by atoms with E-state index in [-0.39, 0.29) is 20.1 Å². The van der Waals surface area contributed by atoms with Crippen LogP contribution in [0, 0.1) is 39.8 Å². The Kier molecular flexibility index (Phi) is 8.89. The fraction of sp³-hybridized carbons (Fsp3) is 0.0976. The van der Waals surface area contributed by atoms with Crippen molar-refractivity contribution in [3.05, 3.63) is 150 Å². The van der Waals surface area contributed by atoms with Gasteiger partial charge in [-0.3, -0.25) is 0 Å². The van der Waals surface area contributed by atoms with Crippen LogP contribution in [0.1, 0.15) is 22.4 Å². The Hall–Kier alpha value is -4.96. The molecule has 0 saturated carbocycles. The molecule has 227 valence electrons. The summed E-state index contributed by atoms with van der Waals surface area (Å²) in [5.74, 6) is 0. The van der Waals surface area contributed by atoms with Crippen molar-refractivity contribution in [1.82, 2.24) is 15.0 Å². The Labute approximate surface area is 282 Å². The number of aryl methyl sites for hydroxylation is 4. The van der Waals surface area contributed by atoms with Gasteiger partial charge < -0.3 is 14.4 Å². The van der Waals surface area contributed by atoms with E-state index < -0.39 is 0 Å². The molecule has 5 heteroatoms. The van der Waals surface area contributed by atoms with E-state index in [4.69, 9.17) is 9.40 Å². The molecule has 0 aliphatic rings. The van der Waals surface area contributed by atoms with Crippen LogP contribution in [0.5, 0.6) is 0 Å². The van der Waals surface area contributed by atoms with Gasteiger partial charge in [0.1, 0.15) is 0 Å². The molecule has 4 aromatic heterocycles. The smallest absolute Gasteiger partial charge is 0.216 e. The molecule has 0 aliphatic carbocycles. The predicted molar refractivity (Wildman–Crippen MR) is 184 cm³/mol. The fourth-order valence-electron chi connectivity index (χ4n) is 5.52. The molecule has 4 heterocycles. The second-order valence-corrected chi connectivity index (χ2v) is 11.4. The first kappa shape index (κ1) is 31.0. The van der Waals surface area contributed by atoms with Crippen LogP contribution in [-0.2, 0) is 20.1 Å². The molecule has 0 unspecified atom stereocenters. The second kappa shape index (κ2) is 13.2. The van der Waals surface area contributed by atoms with Crippen molar-refractivity contribution in [2.24, 2.45) is 0 Å². The van der Waals surface area contributed by atoms with Gasteiger partial charge in [-0.2, -0.15) is 0 Å². The summed E-state index contributed by atoms with van der Waals surface area (Å²) in [6.45, 7) is 8.16. The number of hydrogen-bond acceptors (Lipinski definition) is 4. The maximum atomic E-state index is 6.17.